The van der Waals surface area contributed by atoms with E-state index in [-0.39, 0.29) is 18.3 Å². The first-order valence-corrected chi connectivity index (χ1v) is 7.90. The van der Waals surface area contributed by atoms with Gasteiger partial charge in [0, 0.05) is 25.6 Å². The molecule has 1 amide bonds. The maximum atomic E-state index is 12.0. The van der Waals surface area contributed by atoms with E-state index >= 15 is 0 Å². The molecule has 1 fully saturated rings. The number of halogens is 1. The van der Waals surface area contributed by atoms with E-state index in [2.05, 4.69) is 15.4 Å². The Morgan fingerprint density at radius 3 is 2.55 bits per heavy atom. The second-order valence-corrected chi connectivity index (χ2v) is 6.40. The molecular formula is C12H18ClN3O3S. The van der Waals surface area contributed by atoms with Crippen molar-refractivity contribution < 1.29 is 13.2 Å². The predicted octanol–water partition coefficient (Wildman–Crippen LogP) is 0.429. The van der Waals surface area contributed by atoms with E-state index in [4.69, 9.17) is 0 Å². The second kappa shape index (κ2) is 6.92. The summed E-state index contributed by atoms with van der Waals surface area (Å²) in [5.74, 6) is 0.192. The summed E-state index contributed by atoms with van der Waals surface area (Å²) in [5.41, 5.74) is 0.634. The molecule has 1 aliphatic heterocycles. The highest BCUT2D eigenvalue weighted by molar-refractivity contribution is 7.92. The summed E-state index contributed by atoms with van der Waals surface area (Å²) in [6.07, 6.45) is 1.06. The number of nitrogens with one attached hydrogen (secondary N) is 3. The van der Waals surface area contributed by atoms with Crippen LogP contribution in [0.3, 0.4) is 0 Å². The van der Waals surface area contributed by atoms with E-state index in [0.717, 1.165) is 19.3 Å². The van der Waals surface area contributed by atoms with E-state index in [1.807, 2.05) is 0 Å². The van der Waals surface area contributed by atoms with Crippen molar-refractivity contribution in [3.8, 4) is 0 Å². The molecule has 1 saturated heterocycles. The van der Waals surface area contributed by atoms with E-state index in [0.29, 0.717) is 23.7 Å². The highest BCUT2D eigenvalue weighted by Gasteiger charge is 2.19. The molecular weight excluding hydrogens is 302 g/mol. The van der Waals surface area contributed by atoms with E-state index < -0.39 is 10.0 Å². The Balaban J connectivity index is 0.00000200. The van der Waals surface area contributed by atoms with Gasteiger partial charge in [0.25, 0.3) is 5.91 Å². The molecule has 0 unspecified atom stereocenters. The van der Waals surface area contributed by atoms with E-state index in [9.17, 15) is 13.2 Å². The Morgan fingerprint density at radius 1 is 1.35 bits per heavy atom. The first kappa shape index (κ1) is 16.7. The molecule has 2 rings (SSSR count). The molecule has 1 aromatic rings. The number of para-hydroxylation sites is 1. The highest BCUT2D eigenvalue weighted by Crippen LogP contribution is 2.16. The molecule has 8 heteroatoms. The Bertz CT molecular complexity index is 573. The lowest BCUT2D eigenvalue weighted by Gasteiger charge is -2.27. The first-order valence-electron chi connectivity index (χ1n) is 6.01. The van der Waals surface area contributed by atoms with Crippen LogP contribution in [0, 0.1) is 5.92 Å². The zero-order chi connectivity index (χ0) is 13.9. The lowest BCUT2D eigenvalue weighted by Crippen LogP contribution is -2.48. The zero-order valence-electron chi connectivity index (χ0n) is 11.0. The molecule has 0 saturated carbocycles. The molecule has 6 nitrogen and oxygen atoms in total. The molecule has 0 radical (unpaired) electrons. The van der Waals surface area contributed by atoms with Crippen LogP contribution < -0.4 is 15.4 Å². The average Bonchev–Trinajstić information content (AvgIpc) is 2.25. The third kappa shape index (κ3) is 4.66. The van der Waals surface area contributed by atoms with Crippen molar-refractivity contribution in [1.82, 2.24) is 10.6 Å². The number of anilines is 1. The van der Waals surface area contributed by atoms with Gasteiger partial charge in [0.1, 0.15) is 0 Å². The Kier molecular flexibility index (Phi) is 5.79. The van der Waals surface area contributed by atoms with Gasteiger partial charge in [-0.3, -0.25) is 9.52 Å². The van der Waals surface area contributed by atoms with Gasteiger partial charge in [-0.1, -0.05) is 12.1 Å². The molecule has 0 spiro atoms. The molecule has 20 heavy (non-hydrogen) atoms. The van der Waals surface area contributed by atoms with Gasteiger partial charge >= 0.3 is 0 Å². The Morgan fingerprint density at radius 2 is 2.00 bits per heavy atom. The number of amides is 1. The summed E-state index contributed by atoms with van der Waals surface area (Å²) in [5, 5.41) is 5.94. The van der Waals surface area contributed by atoms with Gasteiger partial charge in [-0.2, -0.15) is 0 Å². The number of hydrogen-bond acceptors (Lipinski definition) is 4. The smallest absolute Gasteiger partial charge is 0.253 e. The zero-order valence-corrected chi connectivity index (χ0v) is 12.7. The lowest BCUT2D eigenvalue weighted by atomic mass is 10.0. The maximum Gasteiger partial charge on any atom is 0.253 e. The molecule has 0 bridgehead atoms. The summed E-state index contributed by atoms with van der Waals surface area (Å²) in [4.78, 5) is 12.0. The van der Waals surface area contributed by atoms with Crippen molar-refractivity contribution in [1.29, 1.82) is 0 Å². The number of rotatable bonds is 5. The molecule has 0 aliphatic carbocycles. The average molecular weight is 320 g/mol. The van der Waals surface area contributed by atoms with Crippen LogP contribution in [0.2, 0.25) is 0 Å². The minimum atomic E-state index is -3.40. The standard InChI is InChI=1S/C12H17N3O3S.ClH/c1-19(17,18)15-11-5-3-2-4-10(11)12(16)14-8-9-6-13-7-9;/h2-5,9,13,15H,6-8H2,1H3,(H,14,16);1H. The number of carbonyl (C=O) groups excluding carboxylic acids is 1. The quantitative estimate of drug-likeness (QED) is 0.734. The minimum absolute atomic E-state index is 0. The van der Waals surface area contributed by atoms with Gasteiger partial charge in [-0.15, -0.1) is 12.4 Å². The SMILES string of the molecule is CS(=O)(=O)Nc1ccccc1C(=O)NCC1CNC1.Cl. The molecule has 1 heterocycles. The van der Waals surface area contributed by atoms with Gasteiger partial charge in [-0.05, 0) is 12.1 Å². The number of carbonyl (C=O) groups is 1. The Labute approximate surface area is 124 Å². The number of benzene rings is 1. The summed E-state index contributed by atoms with van der Waals surface area (Å²) in [6, 6.07) is 6.55. The van der Waals surface area contributed by atoms with Crippen molar-refractivity contribution in [2.75, 3.05) is 30.6 Å². The topological polar surface area (TPSA) is 87.3 Å². The lowest BCUT2D eigenvalue weighted by molar-refractivity contribution is 0.0943. The second-order valence-electron chi connectivity index (χ2n) is 4.65. The van der Waals surface area contributed by atoms with Crippen LogP contribution in [0.25, 0.3) is 0 Å². The van der Waals surface area contributed by atoms with Crippen molar-refractivity contribution >= 4 is 34.0 Å². The van der Waals surface area contributed by atoms with Gasteiger partial charge in [0.2, 0.25) is 10.0 Å². The molecule has 112 valence electrons. The molecule has 1 aliphatic rings. The third-order valence-electron chi connectivity index (χ3n) is 2.88. The first-order chi connectivity index (χ1) is 8.96. The summed E-state index contributed by atoms with van der Waals surface area (Å²) in [7, 11) is -3.40. The largest absolute Gasteiger partial charge is 0.352 e. The Hall–Kier alpha value is -1.31. The van der Waals surface area contributed by atoms with E-state index in [1.54, 1.807) is 24.3 Å². The van der Waals surface area contributed by atoms with Crippen molar-refractivity contribution in [3.63, 3.8) is 0 Å². The van der Waals surface area contributed by atoms with Crippen molar-refractivity contribution in [2.45, 2.75) is 0 Å². The fourth-order valence-electron chi connectivity index (χ4n) is 1.79. The van der Waals surface area contributed by atoms with Gasteiger partial charge < -0.3 is 10.6 Å². The highest BCUT2D eigenvalue weighted by atomic mass is 35.5. The van der Waals surface area contributed by atoms with Crippen LogP contribution in [0.4, 0.5) is 5.69 Å². The fraction of sp³-hybridized carbons (Fsp3) is 0.417. The van der Waals surface area contributed by atoms with Gasteiger partial charge in [0.15, 0.2) is 0 Å². The van der Waals surface area contributed by atoms with Crippen LogP contribution >= 0.6 is 12.4 Å². The molecule has 0 atom stereocenters. The number of sulfonamides is 1. The normalized spacial score (nSPS) is 14.8. The van der Waals surface area contributed by atoms with Crippen LogP contribution in [-0.4, -0.2) is 40.2 Å². The van der Waals surface area contributed by atoms with Crippen molar-refractivity contribution in [3.05, 3.63) is 29.8 Å². The van der Waals surface area contributed by atoms with Gasteiger partial charge in [-0.25, -0.2) is 8.42 Å². The van der Waals surface area contributed by atoms with Crippen LogP contribution in [0.1, 0.15) is 10.4 Å². The molecule has 0 aromatic heterocycles. The summed E-state index contributed by atoms with van der Waals surface area (Å²) < 4.78 is 24.8. The van der Waals surface area contributed by atoms with Crippen LogP contribution in [-0.2, 0) is 10.0 Å². The summed E-state index contributed by atoms with van der Waals surface area (Å²) in [6.45, 7) is 2.41. The van der Waals surface area contributed by atoms with Gasteiger partial charge in [0.05, 0.1) is 17.5 Å². The van der Waals surface area contributed by atoms with Crippen molar-refractivity contribution in [2.24, 2.45) is 5.92 Å². The summed E-state index contributed by atoms with van der Waals surface area (Å²) >= 11 is 0. The van der Waals surface area contributed by atoms with Crippen LogP contribution in [0.5, 0.6) is 0 Å². The maximum absolute atomic E-state index is 12.0. The van der Waals surface area contributed by atoms with E-state index in [1.165, 1.54) is 0 Å². The third-order valence-corrected chi connectivity index (χ3v) is 3.48. The predicted molar refractivity (Wildman–Crippen MR) is 80.8 cm³/mol. The minimum Gasteiger partial charge on any atom is -0.352 e. The molecule has 3 N–H and O–H groups in total. The van der Waals surface area contributed by atoms with Crippen LogP contribution in [0.15, 0.2) is 24.3 Å². The molecule has 1 aromatic carbocycles. The number of hydrogen-bond donors (Lipinski definition) is 3. The monoisotopic (exact) mass is 319 g/mol. The fourth-order valence-corrected chi connectivity index (χ4v) is 2.37.